The van der Waals surface area contributed by atoms with Gasteiger partial charge in [0.15, 0.2) is 0 Å². The van der Waals surface area contributed by atoms with E-state index >= 15 is 0 Å². The Morgan fingerprint density at radius 1 is 1.13 bits per heavy atom. The minimum Gasteiger partial charge on any atom is -0.373 e. The molecule has 0 saturated carbocycles. The first kappa shape index (κ1) is 10.2. The van der Waals surface area contributed by atoms with Crippen molar-refractivity contribution in [2.75, 3.05) is 30.9 Å². The van der Waals surface area contributed by atoms with Crippen LogP contribution in [-0.2, 0) is 0 Å². The Morgan fingerprint density at radius 2 is 1.87 bits per heavy atom. The first-order valence-corrected chi connectivity index (χ1v) is 5.55. The van der Waals surface area contributed by atoms with Crippen molar-refractivity contribution in [1.29, 1.82) is 0 Å². The molecule has 1 aromatic heterocycles. The summed E-state index contributed by atoms with van der Waals surface area (Å²) in [7, 11) is 1.88. The van der Waals surface area contributed by atoms with Crippen molar-refractivity contribution >= 4 is 11.6 Å². The lowest BCUT2D eigenvalue weighted by molar-refractivity contribution is 0.272. The molecule has 1 aliphatic heterocycles. The molecule has 2 heterocycles. The van der Waals surface area contributed by atoms with E-state index in [0.717, 1.165) is 24.7 Å². The number of hydrazine groups is 1. The fourth-order valence-corrected chi connectivity index (χ4v) is 1.80. The van der Waals surface area contributed by atoms with Gasteiger partial charge in [0.05, 0.1) is 0 Å². The van der Waals surface area contributed by atoms with E-state index in [1.807, 2.05) is 25.2 Å². The predicted octanol–water partition coefficient (Wildman–Crippen LogP) is 1.94. The van der Waals surface area contributed by atoms with Crippen molar-refractivity contribution in [1.82, 2.24) is 9.99 Å². The maximum atomic E-state index is 4.42. The Labute approximate surface area is 90.7 Å². The zero-order chi connectivity index (χ0) is 10.5. The Hall–Kier alpha value is -1.29. The van der Waals surface area contributed by atoms with Gasteiger partial charge in [-0.3, -0.25) is 0 Å². The second kappa shape index (κ2) is 4.98. The molecule has 0 unspecified atom stereocenters. The molecule has 0 spiro atoms. The molecule has 0 aliphatic carbocycles. The highest BCUT2D eigenvalue weighted by Gasteiger charge is 2.09. The Balaban J connectivity index is 1.96. The lowest BCUT2D eigenvalue weighted by Gasteiger charge is -2.27. The van der Waals surface area contributed by atoms with Crippen LogP contribution in [0.4, 0.5) is 11.6 Å². The van der Waals surface area contributed by atoms with Gasteiger partial charge in [0, 0.05) is 20.1 Å². The summed E-state index contributed by atoms with van der Waals surface area (Å²) in [5.74, 6) is 1.82. The van der Waals surface area contributed by atoms with E-state index in [1.165, 1.54) is 19.3 Å². The number of nitrogens with zero attached hydrogens (tertiary/aromatic N) is 2. The molecule has 2 N–H and O–H groups in total. The Morgan fingerprint density at radius 3 is 2.60 bits per heavy atom. The number of rotatable bonds is 3. The summed E-state index contributed by atoms with van der Waals surface area (Å²) in [6.07, 6.45) is 3.90. The normalized spacial score (nSPS) is 17.4. The largest absolute Gasteiger partial charge is 0.373 e. The second-order valence-corrected chi connectivity index (χ2v) is 3.82. The molecule has 0 radical (unpaired) electrons. The summed E-state index contributed by atoms with van der Waals surface area (Å²) in [4.78, 5) is 4.42. The van der Waals surface area contributed by atoms with E-state index in [4.69, 9.17) is 0 Å². The highest BCUT2D eigenvalue weighted by molar-refractivity contribution is 5.44. The molecule has 1 aliphatic rings. The summed E-state index contributed by atoms with van der Waals surface area (Å²) in [5, 5.41) is 5.28. The molecular weight excluding hydrogens is 188 g/mol. The van der Waals surface area contributed by atoms with E-state index < -0.39 is 0 Å². The maximum Gasteiger partial charge on any atom is 0.142 e. The summed E-state index contributed by atoms with van der Waals surface area (Å²) in [5.41, 5.74) is 3.34. The first-order chi connectivity index (χ1) is 7.38. The van der Waals surface area contributed by atoms with Gasteiger partial charge in [0.1, 0.15) is 11.6 Å². The number of hydrogen-bond donors (Lipinski definition) is 2. The van der Waals surface area contributed by atoms with Gasteiger partial charge in [-0.2, -0.15) is 0 Å². The minimum absolute atomic E-state index is 0.900. The Bertz CT molecular complexity index is 307. The zero-order valence-electron chi connectivity index (χ0n) is 9.16. The van der Waals surface area contributed by atoms with Gasteiger partial charge in [0.25, 0.3) is 0 Å². The van der Waals surface area contributed by atoms with E-state index in [1.54, 1.807) is 0 Å². The second-order valence-electron chi connectivity index (χ2n) is 3.82. The third-order valence-corrected chi connectivity index (χ3v) is 2.63. The molecule has 4 nitrogen and oxygen atoms in total. The SMILES string of the molecule is CNc1cccc(NN2CCCCC2)n1. The van der Waals surface area contributed by atoms with Crippen LogP contribution in [0.1, 0.15) is 19.3 Å². The number of nitrogens with one attached hydrogen (secondary N) is 2. The van der Waals surface area contributed by atoms with Gasteiger partial charge in [-0.25, -0.2) is 9.99 Å². The van der Waals surface area contributed by atoms with Crippen molar-refractivity contribution in [2.24, 2.45) is 0 Å². The molecule has 4 heteroatoms. The van der Waals surface area contributed by atoms with Crippen LogP contribution in [0.2, 0.25) is 0 Å². The van der Waals surface area contributed by atoms with E-state index in [9.17, 15) is 0 Å². The van der Waals surface area contributed by atoms with E-state index in [2.05, 4.69) is 20.7 Å². The summed E-state index contributed by atoms with van der Waals surface area (Å²) in [6.45, 7) is 2.23. The molecule has 1 saturated heterocycles. The molecule has 0 bridgehead atoms. The third-order valence-electron chi connectivity index (χ3n) is 2.63. The fourth-order valence-electron chi connectivity index (χ4n) is 1.80. The van der Waals surface area contributed by atoms with Crippen LogP contribution in [0.25, 0.3) is 0 Å². The quantitative estimate of drug-likeness (QED) is 0.793. The predicted molar refractivity (Wildman–Crippen MR) is 62.8 cm³/mol. The zero-order valence-corrected chi connectivity index (χ0v) is 9.16. The number of aromatic nitrogens is 1. The molecule has 82 valence electrons. The minimum atomic E-state index is 0.900. The van der Waals surface area contributed by atoms with Crippen LogP contribution in [0.5, 0.6) is 0 Å². The lowest BCUT2D eigenvalue weighted by atomic mass is 10.2. The van der Waals surface area contributed by atoms with Crippen LogP contribution in [0.15, 0.2) is 18.2 Å². The Kier molecular flexibility index (Phi) is 3.40. The number of anilines is 2. The monoisotopic (exact) mass is 206 g/mol. The van der Waals surface area contributed by atoms with E-state index in [0.29, 0.717) is 0 Å². The molecule has 15 heavy (non-hydrogen) atoms. The standard InChI is InChI=1S/C11H18N4/c1-12-10-6-5-7-11(13-10)14-15-8-3-2-4-9-15/h5-7H,2-4,8-9H2,1H3,(H2,12,13,14). The third kappa shape index (κ3) is 2.83. The average Bonchev–Trinajstić information content (AvgIpc) is 2.31. The molecular formula is C11H18N4. The topological polar surface area (TPSA) is 40.2 Å². The van der Waals surface area contributed by atoms with Gasteiger partial charge in [-0.1, -0.05) is 12.5 Å². The first-order valence-electron chi connectivity index (χ1n) is 5.55. The van der Waals surface area contributed by atoms with Crippen LogP contribution >= 0.6 is 0 Å². The molecule has 0 atom stereocenters. The summed E-state index contributed by atoms with van der Waals surface area (Å²) < 4.78 is 0. The van der Waals surface area contributed by atoms with E-state index in [-0.39, 0.29) is 0 Å². The summed E-state index contributed by atoms with van der Waals surface area (Å²) in [6, 6.07) is 5.96. The van der Waals surface area contributed by atoms with Crippen LogP contribution in [0.3, 0.4) is 0 Å². The van der Waals surface area contributed by atoms with Crippen molar-refractivity contribution in [2.45, 2.75) is 19.3 Å². The smallest absolute Gasteiger partial charge is 0.142 e. The molecule has 1 aromatic rings. The highest BCUT2D eigenvalue weighted by atomic mass is 15.5. The number of hydrogen-bond acceptors (Lipinski definition) is 4. The van der Waals surface area contributed by atoms with Gasteiger partial charge in [-0.15, -0.1) is 0 Å². The van der Waals surface area contributed by atoms with Crippen LogP contribution in [-0.4, -0.2) is 30.1 Å². The maximum absolute atomic E-state index is 4.42. The summed E-state index contributed by atoms with van der Waals surface area (Å²) >= 11 is 0. The van der Waals surface area contributed by atoms with Gasteiger partial charge < -0.3 is 10.7 Å². The lowest BCUT2D eigenvalue weighted by Crippen LogP contribution is -2.35. The number of pyridine rings is 1. The van der Waals surface area contributed by atoms with Crippen molar-refractivity contribution in [3.8, 4) is 0 Å². The average molecular weight is 206 g/mol. The molecule has 0 aromatic carbocycles. The number of piperidine rings is 1. The van der Waals surface area contributed by atoms with Gasteiger partial charge >= 0.3 is 0 Å². The molecule has 2 rings (SSSR count). The fraction of sp³-hybridized carbons (Fsp3) is 0.545. The van der Waals surface area contributed by atoms with Gasteiger partial charge in [0.2, 0.25) is 0 Å². The van der Waals surface area contributed by atoms with Crippen molar-refractivity contribution in [3.63, 3.8) is 0 Å². The van der Waals surface area contributed by atoms with Crippen LogP contribution in [0, 0.1) is 0 Å². The van der Waals surface area contributed by atoms with Crippen molar-refractivity contribution in [3.05, 3.63) is 18.2 Å². The highest BCUT2D eigenvalue weighted by Crippen LogP contribution is 2.13. The molecule has 0 amide bonds. The van der Waals surface area contributed by atoms with Crippen molar-refractivity contribution < 1.29 is 0 Å². The van der Waals surface area contributed by atoms with Crippen LogP contribution < -0.4 is 10.7 Å². The molecule has 1 fully saturated rings. The van der Waals surface area contributed by atoms with Gasteiger partial charge in [-0.05, 0) is 25.0 Å².